The van der Waals surface area contributed by atoms with Gasteiger partial charge in [-0.2, -0.15) is 0 Å². The van der Waals surface area contributed by atoms with Crippen molar-refractivity contribution in [2.24, 2.45) is 0 Å². The second-order valence-corrected chi connectivity index (χ2v) is 12.7. The van der Waals surface area contributed by atoms with E-state index in [1.807, 2.05) is 19.1 Å². The van der Waals surface area contributed by atoms with Crippen LogP contribution in [0, 0.1) is 12.7 Å². The number of amides is 2. The van der Waals surface area contributed by atoms with Gasteiger partial charge in [-0.25, -0.2) is 12.8 Å². The fourth-order valence-electron chi connectivity index (χ4n) is 5.81. The number of fused-ring (bicyclic) bond motifs is 2. The Morgan fingerprint density at radius 2 is 1.67 bits per heavy atom. The molecule has 0 radical (unpaired) electrons. The Balaban J connectivity index is 1.37. The summed E-state index contributed by atoms with van der Waals surface area (Å²) in [6, 6.07) is 24.7. The highest BCUT2D eigenvalue weighted by molar-refractivity contribution is 7.91. The minimum Gasteiger partial charge on any atom is -0.365 e. The zero-order valence-corrected chi connectivity index (χ0v) is 24.1. The molecule has 6 rings (SSSR count). The Bertz CT molecular complexity index is 1820. The standard InChI is InChI=1S/C33H30FN3O4S/c1-22-8-7-10-26(18-22)36-17-16-35(20-23(36)2)32(38)24-14-15-31-29(19-24)37(21-25-9-3-5-12-28(25)34)33(39)27-11-4-6-13-30(27)42(31,40)41/h3-15,18-19,23H,16-17,20-21H2,1-2H3. The average molecular weight is 584 g/mol. The number of nitrogens with zero attached hydrogens (tertiary/aromatic N) is 3. The molecular formula is C33H30FN3O4S. The number of rotatable bonds is 4. The van der Waals surface area contributed by atoms with Crippen LogP contribution in [-0.4, -0.2) is 50.8 Å². The number of sulfone groups is 1. The predicted octanol–water partition coefficient (Wildman–Crippen LogP) is 5.48. The van der Waals surface area contributed by atoms with Gasteiger partial charge in [0.2, 0.25) is 9.84 Å². The summed E-state index contributed by atoms with van der Waals surface area (Å²) in [4.78, 5) is 32.7. The number of carbonyl (C=O) groups is 2. The Morgan fingerprint density at radius 1 is 0.905 bits per heavy atom. The van der Waals surface area contributed by atoms with E-state index in [4.69, 9.17) is 0 Å². The Morgan fingerprint density at radius 3 is 2.43 bits per heavy atom. The lowest BCUT2D eigenvalue weighted by molar-refractivity contribution is 0.0726. The van der Waals surface area contributed by atoms with Crippen LogP contribution in [0.1, 0.15) is 38.8 Å². The number of piperazine rings is 1. The topological polar surface area (TPSA) is 78.0 Å². The highest BCUT2D eigenvalue weighted by Crippen LogP contribution is 2.38. The van der Waals surface area contributed by atoms with Crippen molar-refractivity contribution in [3.05, 3.63) is 119 Å². The first-order chi connectivity index (χ1) is 20.1. The lowest BCUT2D eigenvalue weighted by Crippen LogP contribution is -2.53. The molecule has 0 aliphatic carbocycles. The number of carbonyl (C=O) groups excluding carboxylic acids is 2. The zero-order chi connectivity index (χ0) is 29.6. The number of aryl methyl sites for hydroxylation is 1. The van der Waals surface area contributed by atoms with E-state index in [1.165, 1.54) is 41.3 Å². The first kappa shape index (κ1) is 27.7. The van der Waals surface area contributed by atoms with Crippen molar-refractivity contribution in [1.29, 1.82) is 0 Å². The van der Waals surface area contributed by atoms with Crippen molar-refractivity contribution in [3.63, 3.8) is 0 Å². The van der Waals surface area contributed by atoms with Gasteiger partial charge in [-0.05, 0) is 67.9 Å². The van der Waals surface area contributed by atoms with Crippen molar-refractivity contribution >= 4 is 33.0 Å². The summed E-state index contributed by atoms with van der Waals surface area (Å²) in [6.45, 7) is 5.51. The third-order valence-corrected chi connectivity index (χ3v) is 9.83. The molecule has 7 nitrogen and oxygen atoms in total. The van der Waals surface area contributed by atoms with Crippen LogP contribution in [0.4, 0.5) is 15.8 Å². The number of hydrogen-bond donors (Lipinski definition) is 0. The highest BCUT2D eigenvalue weighted by atomic mass is 32.2. The summed E-state index contributed by atoms with van der Waals surface area (Å²) in [5, 5.41) is 0. The molecule has 0 spiro atoms. The molecule has 9 heteroatoms. The van der Waals surface area contributed by atoms with Gasteiger partial charge < -0.3 is 14.7 Å². The van der Waals surface area contributed by atoms with Gasteiger partial charge in [0.15, 0.2) is 0 Å². The maximum atomic E-state index is 14.7. The Kier molecular flexibility index (Phi) is 7.06. The molecule has 2 heterocycles. The molecule has 0 saturated carbocycles. The van der Waals surface area contributed by atoms with E-state index in [0.717, 1.165) is 11.3 Å². The maximum absolute atomic E-state index is 14.7. The van der Waals surface area contributed by atoms with E-state index in [2.05, 4.69) is 24.0 Å². The molecule has 1 unspecified atom stereocenters. The van der Waals surface area contributed by atoms with Crippen LogP contribution < -0.4 is 9.80 Å². The molecule has 0 aromatic heterocycles. The molecule has 4 aromatic rings. The highest BCUT2D eigenvalue weighted by Gasteiger charge is 2.37. The second-order valence-electron chi connectivity index (χ2n) is 10.8. The molecule has 0 N–H and O–H groups in total. The fraction of sp³-hybridized carbons (Fsp3) is 0.212. The zero-order valence-electron chi connectivity index (χ0n) is 23.3. The van der Waals surface area contributed by atoms with E-state index >= 15 is 0 Å². The minimum absolute atomic E-state index is 0.000916. The summed E-state index contributed by atoms with van der Waals surface area (Å²) >= 11 is 0. The van der Waals surface area contributed by atoms with Crippen molar-refractivity contribution in [2.75, 3.05) is 29.4 Å². The molecule has 2 aliphatic rings. The van der Waals surface area contributed by atoms with E-state index in [9.17, 15) is 22.4 Å². The lowest BCUT2D eigenvalue weighted by Gasteiger charge is -2.41. The van der Waals surface area contributed by atoms with Crippen molar-refractivity contribution in [2.45, 2.75) is 36.2 Å². The summed E-state index contributed by atoms with van der Waals surface area (Å²) in [7, 11) is -4.11. The molecule has 42 heavy (non-hydrogen) atoms. The van der Waals surface area contributed by atoms with Crippen molar-refractivity contribution < 1.29 is 22.4 Å². The number of hydrogen-bond acceptors (Lipinski definition) is 5. The van der Waals surface area contributed by atoms with E-state index in [-0.39, 0.29) is 50.7 Å². The minimum atomic E-state index is -4.11. The van der Waals surface area contributed by atoms with Crippen LogP contribution in [0.25, 0.3) is 0 Å². The Hall–Kier alpha value is -4.50. The second kappa shape index (κ2) is 10.7. The molecule has 0 bridgehead atoms. The van der Waals surface area contributed by atoms with E-state index in [1.54, 1.807) is 35.2 Å². The first-order valence-corrected chi connectivity index (χ1v) is 15.3. The van der Waals surface area contributed by atoms with Gasteiger partial charge in [-0.3, -0.25) is 9.59 Å². The summed E-state index contributed by atoms with van der Waals surface area (Å²) in [5.74, 6) is -1.35. The third kappa shape index (κ3) is 4.83. The third-order valence-electron chi connectivity index (χ3n) is 7.97. The van der Waals surface area contributed by atoms with Crippen LogP contribution in [0.15, 0.2) is 101 Å². The van der Waals surface area contributed by atoms with Gasteiger partial charge in [0.25, 0.3) is 11.8 Å². The number of anilines is 2. The summed E-state index contributed by atoms with van der Waals surface area (Å²) in [6.07, 6.45) is 0. The first-order valence-electron chi connectivity index (χ1n) is 13.8. The molecule has 1 saturated heterocycles. The normalized spacial score (nSPS) is 17.8. The average Bonchev–Trinajstić information content (AvgIpc) is 3.05. The van der Waals surface area contributed by atoms with Crippen molar-refractivity contribution in [1.82, 2.24) is 4.90 Å². The molecule has 214 valence electrons. The van der Waals surface area contributed by atoms with Crippen LogP contribution in [-0.2, 0) is 16.4 Å². The van der Waals surface area contributed by atoms with Gasteiger partial charge in [0, 0.05) is 42.5 Å². The van der Waals surface area contributed by atoms with Crippen molar-refractivity contribution in [3.8, 4) is 0 Å². The number of halogens is 1. The van der Waals surface area contributed by atoms with Gasteiger partial charge in [0.05, 0.1) is 27.6 Å². The van der Waals surface area contributed by atoms with E-state index < -0.39 is 21.6 Å². The molecule has 1 fully saturated rings. The largest absolute Gasteiger partial charge is 0.365 e. The summed E-state index contributed by atoms with van der Waals surface area (Å²) < 4.78 is 42.3. The fourth-order valence-corrected chi connectivity index (χ4v) is 7.44. The monoisotopic (exact) mass is 583 g/mol. The van der Waals surface area contributed by atoms with Gasteiger partial charge >= 0.3 is 0 Å². The smallest absolute Gasteiger partial charge is 0.259 e. The van der Waals surface area contributed by atoms with Crippen LogP contribution in [0.3, 0.4) is 0 Å². The lowest BCUT2D eigenvalue weighted by atomic mass is 10.1. The molecular weight excluding hydrogens is 553 g/mol. The van der Waals surface area contributed by atoms with Crippen LogP contribution >= 0.6 is 0 Å². The van der Waals surface area contributed by atoms with Gasteiger partial charge in [-0.1, -0.05) is 42.5 Å². The van der Waals surface area contributed by atoms with E-state index in [0.29, 0.717) is 19.6 Å². The van der Waals surface area contributed by atoms with Gasteiger partial charge in [-0.15, -0.1) is 0 Å². The number of benzene rings is 4. The Labute approximate surface area is 244 Å². The predicted molar refractivity (Wildman–Crippen MR) is 159 cm³/mol. The molecule has 2 aliphatic heterocycles. The van der Waals surface area contributed by atoms with Crippen LogP contribution in [0.5, 0.6) is 0 Å². The molecule has 2 amide bonds. The molecule has 4 aromatic carbocycles. The quantitative estimate of drug-likeness (QED) is 0.318. The SMILES string of the molecule is Cc1cccc(N2CCN(C(=O)c3ccc4c(c3)N(Cc3ccccc3F)C(=O)c3ccccc3S4(=O)=O)CC2C)c1. The van der Waals surface area contributed by atoms with Crippen LogP contribution in [0.2, 0.25) is 0 Å². The van der Waals surface area contributed by atoms with Gasteiger partial charge in [0.1, 0.15) is 5.82 Å². The molecule has 1 atom stereocenters. The maximum Gasteiger partial charge on any atom is 0.259 e. The summed E-state index contributed by atoms with van der Waals surface area (Å²) in [5.41, 5.74) is 2.81.